The minimum absolute atomic E-state index is 0.0121. The SMILES string of the molecule is O=C(Cc1csc(-c2cccs2)n1)NC1CCN(C(=O)c2ccncc2)CC1. The summed E-state index contributed by atoms with van der Waals surface area (Å²) in [6, 6.07) is 7.60. The number of piperidine rings is 1. The van der Waals surface area contributed by atoms with Crippen molar-refractivity contribution in [2.75, 3.05) is 13.1 Å². The number of hydrogen-bond donors (Lipinski definition) is 1. The molecule has 0 saturated carbocycles. The van der Waals surface area contributed by atoms with E-state index in [0.717, 1.165) is 28.4 Å². The van der Waals surface area contributed by atoms with Crippen molar-refractivity contribution in [1.29, 1.82) is 0 Å². The van der Waals surface area contributed by atoms with Gasteiger partial charge < -0.3 is 10.2 Å². The predicted octanol–water partition coefficient (Wildman–Crippen LogP) is 3.23. The lowest BCUT2D eigenvalue weighted by Gasteiger charge is -2.32. The number of rotatable bonds is 5. The van der Waals surface area contributed by atoms with Gasteiger partial charge in [0, 0.05) is 42.5 Å². The van der Waals surface area contributed by atoms with Crippen LogP contribution >= 0.6 is 22.7 Å². The van der Waals surface area contributed by atoms with E-state index in [1.54, 1.807) is 47.2 Å². The number of thiophene rings is 1. The van der Waals surface area contributed by atoms with Gasteiger partial charge in [0.25, 0.3) is 5.91 Å². The summed E-state index contributed by atoms with van der Waals surface area (Å²) >= 11 is 3.22. The fourth-order valence-electron chi connectivity index (χ4n) is 3.25. The van der Waals surface area contributed by atoms with Crippen LogP contribution in [0.3, 0.4) is 0 Å². The van der Waals surface area contributed by atoms with Gasteiger partial charge in [-0.2, -0.15) is 0 Å². The van der Waals surface area contributed by atoms with Crippen molar-refractivity contribution in [1.82, 2.24) is 20.2 Å². The fourth-order valence-corrected chi connectivity index (χ4v) is 4.88. The topological polar surface area (TPSA) is 75.2 Å². The number of carbonyl (C=O) groups excluding carboxylic acids is 2. The molecule has 6 nitrogen and oxygen atoms in total. The molecule has 0 aliphatic carbocycles. The zero-order valence-corrected chi connectivity index (χ0v) is 16.8. The van der Waals surface area contributed by atoms with Crippen molar-refractivity contribution in [2.45, 2.75) is 25.3 Å². The number of aromatic nitrogens is 2. The van der Waals surface area contributed by atoms with E-state index in [1.807, 2.05) is 27.8 Å². The molecule has 4 heterocycles. The van der Waals surface area contributed by atoms with Crippen molar-refractivity contribution in [3.63, 3.8) is 0 Å². The van der Waals surface area contributed by atoms with Gasteiger partial charge >= 0.3 is 0 Å². The third kappa shape index (κ3) is 4.45. The number of carbonyl (C=O) groups is 2. The molecule has 0 bridgehead atoms. The number of hydrogen-bond acceptors (Lipinski definition) is 6. The minimum atomic E-state index is -0.0121. The first-order valence-electron chi connectivity index (χ1n) is 9.16. The van der Waals surface area contributed by atoms with Crippen LogP contribution in [0, 0.1) is 0 Å². The lowest BCUT2D eigenvalue weighted by molar-refractivity contribution is -0.121. The molecule has 1 fully saturated rings. The monoisotopic (exact) mass is 412 g/mol. The summed E-state index contributed by atoms with van der Waals surface area (Å²) in [5.74, 6) is 0.0118. The molecule has 0 aromatic carbocycles. The van der Waals surface area contributed by atoms with Crippen LogP contribution in [0.2, 0.25) is 0 Å². The molecule has 0 spiro atoms. The van der Waals surface area contributed by atoms with Crippen LogP contribution in [-0.2, 0) is 11.2 Å². The van der Waals surface area contributed by atoms with Crippen molar-refractivity contribution in [2.24, 2.45) is 0 Å². The summed E-state index contributed by atoms with van der Waals surface area (Å²) in [4.78, 5) is 36.3. The maximum Gasteiger partial charge on any atom is 0.253 e. The standard InChI is InChI=1S/C20H20N4O2S2/c25-18(12-16-13-28-19(23-16)17-2-1-11-27-17)22-15-5-9-24(10-6-15)20(26)14-3-7-21-8-4-14/h1-4,7-8,11,13,15H,5-6,9-10,12H2,(H,22,25). The Bertz CT molecular complexity index is 932. The first kappa shape index (κ1) is 18.8. The summed E-state index contributed by atoms with van der Waals surface area (Å²) in [7, 11) is 0. The number of amides is 2. The van der Waals surface area contributed by atoms with Crippen LogP contribution in [0.5, 0.6) is 0 Å². The lowest BCUT2D eigenvalue weighted by Crippen LogP contribution is -2.46. The van der Waals surface area contributed by atoms with Crippen LogP contribution in [0.1, 0.15) is 28.9 Å². The largest absolute Gasteiger partial charge is 0.353 e. The van der Waals surface area contributed by atoms with Gasteiger partial charge in [0.05, 0.1) is 17.0 Å². The molecule has 2 amide bonds. The second kappa shape index (κ2) is 8.62. The van der Waals surface area contributed by atoms with E-state index in [-0.39, 0.29) is 24.3 Å². The molecular formula is C20H20N4O2S2. The molecule has 0 atom stereocenters. The van der Waals surface area contributed by atoms with Crippen LogP contribution in [0.15, 0.2) is 47.4 Å². The zero-order chi connectivity index (χ0) is 19.3. The first-order chi connectivity index (χ1) is 13.7. The van der Waals surface area contributed by atoms with Gasteiger partial charge in [0.2, 0.25) is 5.91 Å². The third-order valence-electron chi connectivity index (χ3n) is 4.70. The maximum atomic E-state index is 12.5. The van der Waals surface area contributed by atoms with Crippen molar-refractivity contribution in [3.8, 4) is 9.88 Å². The summed E-state index contributed by atoms with van der Waals surface area (Å²) in [5.41, 5.74) is 1.46. The molecule has 4 rings (SSSR count). The lowest BCUT2D eigenvalue weighted by atomic mass is 10.0. The average Bonchev–Trinajstić information content (AvgIpc) is 3.40. The molecule has 1 aliphatic heterocycles. The highest BCUT2D eigenvalue weighted by Gasteiger charge is 2.24. The summed E-state index contributed by atoms with van der Waals surface area (Å²) in [6.45, 7) is 1.29. The highest BCUT2D eigenvalue weighted by atomic mass is 32.1. The molecular weight excluding hydrogens is 392 g/mol. The highest BCUT2D eigenvalue weighted by molar-refractivity contribution is 7.20. The van der Waals surface area contributed by atoms with E-state index in [4.69, 9.17) is 0 Å². The zero-order valence-electron chi connectivity index (χ0n) is 15.2. The molecule has 1 N–H and O–H groups in total. The highest BCUT2D eigenvalue weighted by Crippen LogP contribution is 2.27. The molecule has 0 unspecified atom stereocenters. The Morgan fingerprint density at radius 1 is 1.14 bits per heavy atom. The van der Waals surface area contributed by atoms with Crippen molar-refractivity contribution in [3.05, 3.63) is 58.7 Å². The number of nitrogens with zero attached hydrogens (tertiary/aromatic N) is 3. The van der Waals surface area contributed by atoms with E-state index in [0.29, 0.717) is 18.7 Å². The van der Waals surface area contributed by atoms with Gasteiger partial charge in [-0.05, 0) is 36.4 Å². The van der Waals surface area contributed by atoms with E-state index < -0.39 is 0 Å². The smallest absolute Gasteiger partial charge is 0.253 e. The Balaban J connectivity index is 1.26. The first-order valence-corrected chi connectivity index (χ1v) is 10.9. The Morgan fingerprint density at radius 2 is 1.93 bits per heavy atom. The fraction of sp³-hybridized carbons (Fsp3) is 0.300. The summed E-state index contributed by atoms with van der Waals surface area (Å²) in [6.07, 6.45) is 5.07. The minimum Gasteiger partial charge on any atom is -0.353 e. The normalized spacial score (nSPS) is 14.8. The van der Waals surface area contributed by atoms with Gasteiger partial charge in [-0.15, -0.1) is 22.7 Å². The molecule has 28 heavy (non-hydrogen) atoms. The van der Waals surface area contributed by atoms with Crippen LogP contribution < -0.4 is 5.32 Å². The van der Waals surface area contributed by atoms with Gasteiger partial charge in [0.15, 0.2) is 0 Å². The van der Waals surface area contributed by atoms with Crippen molar-refractivity contribution < 1.29 is 9.59 Å². The van der Waals surface area contributed by atoms with Crippen molar-refractivity contribution >= 4 is 34.5 Å². The summed E-state index contributed by atoms with van der Waals surface area (Å²) in [5, 5.41) is 8.02. The third-order valence-corrected chi connectivity index (χ3v) is 6.63. The van der Waals surface area contributed by atoms with E-state index in [2.05, 4.69) is 15.3 Å². The second-order valence-corrected chi connectivity index (χ2v) is 8.47. The van der Waals surface area contributed by atoms with E-state index in [1.165, 1.54) is 0 Å². The molecule has 3 aromatic rings. The predicted molar refractivity (Wildman–Crippen MR) is 110 cm³/mol. The number of thiazole rings is 1. The molecule has 1 saturated heterocycles. The quantitative estimate of drug-likeness (QED) is 0.698. The maximum absolute atomic E-state index is 12.5. The molecule has 1 aliphatic rings. The molecule has 8 heteroatoms. The van der Waals surface area contributed by atoms with Gasteiger partial charge in [-0.25, -0.2) is 4.98 Å². The number of likely N-dealkylation sites (tertiary alicyclic amines) is 1. The Morgan fingerprint density at radius 3 is 2.64 bits per heavy atom. The van der Waals surface area contributed by atoms with E-state index >= 15 is 0 Å². The molecule has 0 radical (unpaired) electrons. The van der Waals surface area contributed by atoms with Gasteiger partial charge in [0.1, 0.15) is 5.01 Å². The molecule has 144 valence electrons. The Hall–Kier alpha value is -2.58. The molecule has 3 aromatic heterocycles. The van der Waals surface area contributed by atoms with Crippen LogP contribution in [0.4, 0.5) is 0 Å². The van der Waals surface area contributed by atoms with Gasteiger partial charge in [-0.3, -0.25) is 14.6 Å². The Labute approximate surface area is 171 Å². The Kier molecular flexibility index (Phi) is 5.78. The second-order valence-electron chi connectivity index (χ2n) is 6.67. The summed E-state index contributed by atoms with van der Waals surface area (Å²) < 4.78 is 0. The van der Waals surface area contributed by atoms with Crippen LogP contribution in [-0.4, -0.2) is 45.8 Å². The van der Waals surface area contributed by atoms with Crippen LogP contribution in [0.25, 0.3) is 9.88 Å². The van der Waals surface area contributed by atoms with Gasteiger partial charge in [-0.1, -0.05) is 6.07 Å². The average molecular weight is 413 g/mol. The van der Waals surface area contributed by atoms with E-state index in [9.17, 15) is 9.59 Å². The number of pyridine rings is 1. The number of nitrogens with one attached hydrogen (secondary N) is 1.